The van der Waals surface area contributed by atoms with Gasteiger partial charge in [-0.25, -0.2) is 8.78 Å². The zero-order valence-electron chi connectivity index (χ0n) is 9.36. The van der Waals surface area contributed by atoms with Gasteiger partial charge >= 0.3 is 0 Å². The average Bonchev–Trinajstić information content (AvgIpc) is 2.35. The highest BCUT2D eigenvalue weighted by molar-refractivity contribution is 5.92. The number of benzene rings is 1. The van der Waals surface area contributed by atoms with Gasteiger partial charge < -0.3 is 5.32 Å². The van der Waals surface area contributed by atoms with Gasteiger partial charge in [0.2, 0.25) is 5.91 Å². The van der Waals surface area contributed by atoms with Gasteiger partial charge in [-0.15, -0.1) is 0 Å². The fourth-order valence-corrected chi connectivity index (χ4v) is 1.47. The zero-order chi connectivity index (χ0) is 13.0. The molecule has 1 aromatic carbocycles. The smallest absolute Gasteiger partial charge is 0.228 e. The van der Waals surface area contributed by atoms with Gasteiger partial charge in [0.05, 0.1) is 12.1 Å². The first-order valence-electron chi connectivity index (χ1n) is 5.29. The van der Waals surface area contributed by atoms with E-state index < -0.39 is 17.5 Å². The number of nitrogens with one attached hydrogen (secondary N) is 1. The largest absolute Gasteiger partial charge is 0.323 e. The fraction of sp³-hybridized carbons (Fsp3) is 0.0769. The Bertz CT molecular complexity index is 558. The summed E-state index contributed by atoms with van der Waals surface area (Å²) in [6.07, 6.45) is 3.20. The molecule has 0 aliphatic carbocycles. The molecule has 1 heterocycles. The lowest BCUT2D eigenvalue weighted by Gasteiger charge is -2.06. The lowest BCUT2D eigenvalue weighted by Crippen LogP contribution is -2.15. The molecule has 1 N–H and O–H groups in total. The Morgan fingerprint density at radius 2 is 1.89 bits per heavy atom. The lowest BCUT2D eigenvalue weighted by atomic mass is 10.2. The van der Waals surface area contributed by atoms with E-state index in [1.807, 2.05) is 0 Å². The van der Waals surface area contributed by atoms with Gasteiger partial charge in [0.25, 0.3) is 0 Å². The van der Waals surface area contributed by atoms with Crippen LogP contribution in [0, 0.1) is 11.6 Å². The van der Waals surface area contributed by atoms with Crippen LogP contribution in [-0.4, -0.2) is 10.9 Å². The highest BCUT2D eigenvalue weighted by Crippen LogP contribution is 2.15. The molecular weight excluding hydrogens is 238 g/mol. The van der Waals surface area contributed by atoms with Crippen molar-refractivity contribution in [1.29, 1.82) is 0 Å². The molecule has 1 amide bonds. The Kier molecular flexibility index (Phi) is 3.62. The quantitative estimate of drug-likeness (QED) is 0.906. The molecule has 1 aromatic heterocycles. The molecule has 0 aliphatic rings. The second-order valence-electron chi connectivity index (χ2n) is 3.70. The van der Waals surface area contributed by atoms with E-state index in [1.165, 1.54) is 0 Å². The lowest BCUT2D eigenvalue weighted by molar-refractivity contribution is -0.115. The number of halogens is 2. The van der Waals surface area contributed by atoms with E-state index in [2.05, 4.69) is 10.3 Å². The van der Waals surface area contributed by atoms with Crippen molar-refractivity contribution in [2.24, 2.45) is 0 Å². The Balaban J connectivity index is 2.05. The van der Waals surface area contributed by atoms with Crippen LogP contribution in [0.2, 0.25) is 0 Å². The number of aromatic nitrogens is 1. The first kappa shape index (κ1) is 12.2. The molecule has 0 saturated carbocycles. The van der Waals surface area contributed by atoms with Crippen LogP contribution in [-0.2, 0) is 11.2 Å². The van der Waals surface area contributed by atoms with E-state index in [0.29, 0.717) is 0 Å². The van der Waals surface area contributed by atoms with Crippen molar-refractivity contribution in [1.82, 2.24) is 4.98 Å². The molecule has 0 unspecified atom stereocenters. The number of carbonyl (C=O) groups is 1. The molecule has 0 saturated heterocycles. The standard InChI is InChI=1S/C13H10F2N2O/c14-10-1-2-11(15)12(8-10)17-13(18)7-9-3-5-16-6-4-9/h1-6,8H,7H2,(H,17,18). The van der Waals surface area contributed by atoms with Crippen molar-refractivity contribution < 1.29 is 13.6 Å². The maximum atomic E-state index is 13.3. The minimum absolute atomic E-state index is 0.0818. The molecular formula is C13H10F2N2O. The number of rotatable bonds is 3. The van der Waals surface area contributed by atoms with E-state index in [4.69, 9.17) is 0 Å². The van der Waals surface area contributed by atoms with Crippen LogP contribution in [0.5, 0.6) is 0 Å². The molecule has 2 rings (SSSR count). The third-order valence-corrected chi connectivity index (χ3v) is 2.32. The third-order valence-electron chi connectivity index (χ3n) is 2.32. The van der Waals surface area contributed by atoms with Crippen LogP contribution in [0.4, 0.5) is 14.5 Å². The topological polar surface area (TPSA) is 42.0 Å². The predicted octanol–water partition coefficient (Wildman–Crippen LogP) is 2.54. The molecule has 5 heteroatoms. The van der Waals surface area contributed by atoms with Crippen molar-refractivity contribution in [3.63, 3.8) is 0 Å². The van der Waals surface area contributed by atoms with Crippen LogP contribution in [0.1, 0.15) is 5.56 Å². The normalized spacial score (nSPS) is 10.1. The maximum Gasteiger partial charge on any atom is 0.228 e. The van der Waals surface area contributed by atoms with Gasteiger partial charge in [-0.1, -0.05) is 0 Å². The van der Waals surface area contributed by atoms with E-state index >= 15 is 0 Å². The van der Waals surface area contributed by atoms with Gasteiger partial charge in [-0.3, -0.25) is 9.78 Å². The highest BCUT2D eigenvalue weighted by Gasteiger charge is 2.08. The highest BCUT2D eigenvalue weighted by atomic mass is 19.1. The molecule has 92 valence electrons. The van der Waals surface area contributed by atoms with Gasteiger partial charge in [0.15, 0.2) is 0 Å². The van der Waals surface area contributed by atoms with Crippen molar-refractivity contribution in [2.75, 3.05) is 5.32 Å². The second kappa shape index (κ2) is 5.35. The van der Waals surface area contributed by atoms with Crippen LogP contribution in [0.3, 0.4) is 0 Å². The van der Waals surface area contributed by atoms with Crippen molar-refractivity contribution in [3.8, 4) is 0 Å². The number of nitrogens with zero attached hydrogens (tertiary/aromatic N) is 1. The molecule has 0 atom stereocenters. The summed E-state index contributed by atoms with van der Waals surface area (Å²) in [7, 11) is 0. The number of pyridine rings is 1. The molecule has 0 spiro atoms. The Labute approximate surface area is 102 Å². The number of amides is 1. The minimum atomic E-state index is -0.667. The van der Waals surface area contributed by atoms with Crippen LogP contribution in [0.15, 0.2) is 42.7 Å². The summed E-state index contributed by atoms with van der Waals surface area (Å²) in [5.74, 6) is -1.68. The van der Waals surface area contributed by atoms with E-state index in [0.717, 1.165) is 23.8 Å². The van der Waals surface area contributed by atoms with Crippen LogP contribution >= 0.6 is 0 Å². The zero-order valence-corrected chi connectivity index (χ0v) is 9.36. The summed E-state index contributed by atoms with van der Waals surface area (Å²) >= 11 is 0. The summed E-state index contributed by atoms with van der Waals surface area (Å²) in [5, 5.41) is 2.33. The SMILES string of the molecule is O=C(Cc1ccncc1)Nc1cc(F)ccc1F. The molecule has 0 fully saturated rings. The Morgan fingerprint density at radius 1 is 1.17 bits per heavy atom. The third kappa shape index (κ3) is 3.10. The maximum absolute atomic E-state index is 13.3. The first-order valence-corrected chi connectivity index (χ1v) is 5.29. The summed E-state index contributed by atoms with van der Waals surface area (Å²) in [4.78, 5) is 15.4. The van der Waals surface area contributed by atoms with Crippen molar-refractivity contribution in [2.45, 2.75) is 6.42 Å². The summed E-state index contributed by atoms with van der Waals surface area (Å²) in [6.45, 7) is 0. The van der Waals surface area contributed by atoms with Gasteiger partial charge in [0.1, 0.15) is 11.6 Å². The van der Waals surface area contributed by atoms with E-state index in [-0.39, 0.29) is 12.1 Å². The van der Waals surface area contributed by atoms with Gasteiger partial charge in [-0.2, -0.15) is 0 Å². The molecule has 18 heavy (non-hydrogen) atoms. The molecule has 2 aromatic rings. The predicted molar refractivity (Wildman–Crippen MR) is 62.9 cm³/mol. The fourth-order valence-electron chi connectivity index (χ4n) is 1.47. The molecule has 0 radical (unpaired) electrons. The van der Waals surface area contributed by atoms with Crippen LogP contribution in [0.25, 0.3) is 0 Å². The number of carbonyl (C=O) groups excluding carboxylic acids is 1. The first-order chi connectivity index (χ1) is 8.65. The molecule has 3 nitrogen and oxygen atoms in total. The number of hydrogen-bond acceptors (Lipinski definition) is 2. The van der Waals surface area contributed by atoms with Gasteiger partial charge in [0, 0.05) is 18.5 Å². The minimum Gasteiger partial charge on any atom is -0.323 e. The Hall–Kier alpha value is -2.30. The van der Waals surface area contributed by atoms with E-state index in [9.17, 15) is 13.6 Å². The summed E-state index contributed by atoms with van der Waals surface area (Å²) in [6, 6.07) is 6.27. The average molecular weight is 248 g/mol. The molecule has 0 aliphatic heterocycles. The Morgan fingerprint density at radius 3 is 2.61 bits per heavy atom. The molecule has 0 bridgehead atoms. The monoisotopic (exact) mass is 248 g/mol. The van der Waals surface area contributed by atoms with Crippen LogP contribution < -0.4 is 5.32 Å². The summed E-state index contributed by atoms with van der Waals surface area (Å²) in [5.41, 5.74) is 0.591. The van der Waals surface area contributed by atoms with Gasteiger partial charge in [-0.05, 0) is 29.8 Å². The second-order valence-corrected chi connectivity index (χ2v) is 3.70. The van der Waals surface area contributed by atoms with Crippen molar-refractivity contribution in [3.05, 3.63) is 59.9 Å². The number of hydrogen-bond donors (Lipinski definition) is 1. The van der Waals surface area contributed by atoms with Crippen molar-refractivity contribution >= 4 is 11.6 Å². The number of anilines is 1. The van der Waals surface area contributed by atoms with E-state index in [1.54, 1.807) is 24.5 Å². The summed E-state index contributed by atoms with van der Waals surface area (Å²) < 4.78 is 26.2.